The Morgan fingerprint density at radius 2 is 1.95 bits per heavy atom. The van der Waals surface area contributed by atoms with Crippen LogP contribution in [0.2, 0.25) is 5.02 Å². The van der Waals surface area contributed by atoms with Crippen LogP contribution in [0.1, 0.15) is 11.1 Å². The first-order chi connectivity index (χ1) is 9.83. The lowest BCUT2D eigenvalue weighted by molar-refractivity contribution is 0.282. The largest absolute Gasteiger partial charge is 0.392 e. The van der Waals surface area contributed by atoms with E-state index in [1.54, 1.807) is 6.07 Å². The molecule has 0 aliphatic heterocycles. The molecule has 0 spiro atoms. The van der Waals surface area contributed by atoms with Crippen molar-refractivity contribution < 1.29 is 13.5 Å². The van der Waals surface area contributed by atoms with Crippen LogP contribution in [0.15, 0.2) is 45.8 Å². The van der Waals surface area contributed by atoms with Gasteiger partial charge in [-0.2, -0.15) is 0 Å². The number of aryl methyl sites for hydroxylation is 1. The summed E-state index contributed by atoms with van der Waals surface area (Å²) in [6.07, 6.45) is 0. The molecule has 2 N–H and O–H groups in total. The average molecular weight is 391 g/mol. The standard InChI is InChI=1S/C14H13BrClNO3S/c1-9-2-4-11(15)6-14(9)17-21(19,20)12-5-3-10(8-18)13(16)7-12/h2-7,17-18H,8H2,1H3. The van der Waals surface area contributed by atoms with Crippen molar-refractivity contribution in [2.24, 2.45) is 0 Å². The molecule has 21 heavy (non-hydrogen) atoms. The zero-order chi connectivity index (χ0) is 15.6. The van der Waals surface area contributed by atoms with Gasteiger partial charge in [-0.15, -0.1) is 0 Å². The van der Waals surface area contributed by atoms with Crippen LogP contribution in [0.4, 0.5) is 5.69 Å². The number of aliphatic hydroxyl groups excluding tert-OH is 1. The predicted molar refractivity (Wildman–Crippen MR) is 87.1 cm³/mol. The molecule has 7 heteroatoms. The number of nitrogens with one attached hydrogen (secondary N) is 1. The van der Waals surface area contributed by atoms with Crippen molar-refractivity contribution in [2.75, 3.05) is 4.72 Å². The van der Waals surface area contributed by atoms with E-state index in [1.807, 2.05) is 19.1 Å². The first-order valence-corrected chi connectivity index (χ1v) is 8.67. The maximum atomic E-state index is 12.4. The van der Waals surface area contributed by atoms with Gasteiger partial charge in [-0.1, -0.05) is 39.7 Å². The van der Waals surface area contributed by atoms with E-state index in [0.717, 1.165) is 10.0 Å². The highest BCUT2D eigenvalue weighted by atomic mass is 79.9. The van der Waals surface area contributed by atoms with Gasteiger partial charge in [0.15, 0.2) is 0 Å². The second kappa shape index (κ2) is 6.36. The first-order valence-electron chi connectivity index (χ1n) is 6.02. The third kappa shape index (κ3) is 3.77. The minimum absolute atomic E-state index is 0.0454. The van der Waals surface area contributed by atoms with Crippen molar-refractivity contribution in [3.63, 3.8) is 0 Å². The maximum Gasteiger partial charge on any atom is 0.261 e. The molecule has 0 unspecified atom stereocenters. The third-order valence-electron chi connectivity index (χ3n) is 2.95. The molecule has 0 radical (unpaired) electrons. The van der Waals surface area contributed by atoms with Gasteiger partial charge < -0.3 is 5.11 Å². The zero-order valence-electron chi connectivity index (χ0n) is 11.1. The molecule has 0 fully saturated rings. The number of hydrogen-bond acceptors (Lipinski definition) is 3. The van der Waals surface area contributed by atoms with Gasteiger partial charge in [-0.3, -0.25) is 4.72 Å². The highest BCUT2D eigenvalue weighted by Crippen LogP contribution is 2.26. The van der Waals surface area contributed by atoms with Crippen molar-refractivity contribution in [3.05, 3.63) is 57.0 Å². The van der Waals surface area contributed by atoms with Crippen LogP contribution in [-0.4, -0.2) is 13.5 Å². The van der Waals surface area contributed by atoms with Crippen molar-refractivity contribution in [1.29, 1.82) is 0 Å². The molecule has 0 aromatic heterocycles. The minimum atomic E-state index is -3.74. The van der Waals surface area contributed by atoms with Gasteiger partial charge in [-0.25, -0.2) is 8.42 Å². The molecule has 2 rings (SSSR count). The molecular weight excluding hydrogens is 378 g/mol. The molecular formula is C14H13BrClNO3S. The quantitative estimate of drug-likeness (QED) is 0.836. The Kier molecular flexibility index (Phi) is 4.93. The van der Waals surface area contributed by atoms with Crippen LogP contribution in [0.5, 0.6) is 0 Å². The highest BCUT2D eigenvalue weighted by Gasteiger charge is 2.17. The Labute approximate surface area is 136 Å². The lowest BCUT2D eigenvalue weighted by Crippen LogP contribution is -2.14. The fourth-order valence-corrected chi connectivity index (χ4v) is 3.54. The van der Waals surface area contributed by atoms with E-state index in [4.69, 9.17) is 16.7 Å². The Hall–Kier alpha value is -1.08. The summed E-state index contributed by atoms with van der Waals surface area (Å²) in [4.78, 5) is 0.0454. The van der Waals surface area contributed by atoms with Crippen LogP contribution >= 0.6 is 27.5 Å². The summed E-state index contributed by atoms with van der Waals surface area (Å²) in [6.45, 7) is 1.57. The van der Waals surface area contributed by atoms with Gasteiger partial charge in [-0.05, 0) is 42.3 Å². The van der Waals surface area contributed by atoms with E-state index >= 15 is 0 Å². The van der Waals surface area contributed by atoms with Gasteiger partial charge >= 0.3 is 0 Å². The Morgan fingerprint density at radius 1 is 1.24 bits per heavy atom. The van der Waals surface area contributed by atoms with E-state index in [2.05, 4.69) is 20.7 Å². The number of sulfonamides is 1. The maximum absolute atomic E-state index is 12.4. The SMILES string of the molecule is Cc1ccc(Br)cc1NS(=O)(=O)c1ccc(CO)c(Cl)c1. The number of aliphatic hydroxyl groups is 1. The molecule has 2 aromatic rings. The van der Waals surface area contributed by atoms with Gasteiger partial charge in [0.2, 0.25) is 0 Å². The molecule has 0 atom stereocenters. The zero-order valence-corrected chi connectivity index (χ0v) is 14.3. The smallest absolute Gasteiger partial charge is 0.261 e. The Bertz CT molecular complexity index is 778. The van der Waals surface area contributed by atoms with Crippen LogP contribution in [-0.2, 0) is 16.6 Å². The normalized spacial score (nSPS) is 11.4. The van der Waals surface area contributed by atoms with Crippen LogP contribution in [0.25, 0.3) is 0 Å². The van der Waals surface area contributed by atoms with Crippen molar-refractivity contribution in [1.82, 2.24) is 0 Å². The fourth-order valence-electron chi connectivity index (χ4n) is 1.73. The number of rotatable bonds is 4. The van der Waals surface area contributed by atoms with Crippen LogP contribution in [0.3, 0.4) is 0 Å². The summed E-state index contributed by atoms with van der Waals surface area (Å²) in [5.41, 5.74) is 1.78. The van der Waals surface area contributed by atoms with Crippen molar-refractivity contribution in [3.8, 4) is 0 Å². The molecule has 0 heterocycles. The summed E-state index contributed by atoms with van der Waals surface area (Å²) in [7, 11) is -3.74. The first kappa shape index (κ1) is 16.3. The summed E-state index contributed by atoms with van der Waals surface area (Å²) >= 11 is 9.24. The molecule has 0 bridgehead atoms. The van der Waals surface area contributed by atoms with Gasteiger partial charge in [0, 0.05) is 9.50 Å². The lowest BCUT2D eigenvalue weighted by Gasteiger charge is -2.12. The molecule has 112 valence electrons. The monoisotopic (exact) mass is 389 g/mol. The summed E-state index contributed by atoms with van der Waals surface area (Å²) in [6, 6.07) is 9.56. The molecule has 0 aliphatic carbocycles. The van der Waals surface area contributed by atoms with Crippen molar-refractivity contribution in [2.45, 2.75) is 18.4 Å². The molecule has 0 amide bonds. The minimum Gasteiger partial charge on any atom is -0.392 e. The second-order valence-electron chi connectivity index (χ2n) is 4.48. The van der Waals surface area contributed by atoms with Gasteiger partial charge in [0.05, 0.1) is 17.2 Å². The molecule has 0 saturated heterocycles. The Morgan fingerprint density at radius 3 is 2.57 bits per heavy atom. The number of halogens is 2. The van der Waals surface area contributed by atoms with E-state index in [-0.39, 0.29) is 16.5 Å². The van der Waals surface area contributed by atoms with E-state index in [0.29, 0.717) is 11.3 Å². The van der Waals surface area contributed by atoms with E-state index in [9.17, 15) is 8.42 Å². The number of benzene rings is 2. The molecule has 0 aliphatic rings. The molecule has 0 saturated carbocycles. The third-order valence-corrected chi connectivity index (χ3v) is 5.16. The van der Waals surface area contributed by atoms with E-state index in [1.165, 1.54) is 18.2 Å². The molecule has 2 aromatic carbocycles. The highest BCUT2D eigenvalue weighted by molar-refractivity contribution is 9.10. The number of anilines is 1. The van der Waals surface area contributed by atoms with Crippen LogP contribution in [0, 0.1) is 6.92 Å². The van der Waals surface area contributed by atoms with E-state index < -0.39 is 10.0 Å². The predicted octanol–water partition coefficient (Wildman–Crippen LogP) is 3.70. The van der Waals surface area contributed by atoms with Gasteiger partial charge in [0.1, 0.15) is 0 Å². The lowest BCUT2D eigenvalue weighted by atomic mass is 10.2. The average Bonchev–Trinajstić information content (AvgIpc) is 2.42. The topological polar surface area (TPSA) is 66.4 Å². The summed E-state index contributed by atoms with van der Waals surface area (Å²) < 4.78 is 28.0. The summed E-state index contributed by atoms with van der Waals surface area (Å²) in [5.74, 6) is 0. The fraction of sp³-hybridized carbons (Fsp3) is 0.143. The van der Waals surface area contributed by atoms with Crippen LogP contribution < -0.4 is 4.72 Å². The van der Waals surface area contributed by atoms with Crippen molar-refractivity contribution >= 4 is 43.2 Å². The second-order valence-corrected chi connectivity index (χ2v) is 7.48. The Balaban J connectivity index is 2.38. The van der Waals surface area contributed by atoms with Gasteiger partial charge in [0.25, 0.3) is 10.0 Å². The number of hydrogen-bond donors (Lipinski definition) is 2. The molecule has 4 nitrogen and oxygen atoms in total. The summed E-state index contributed by atoms with van der Waals surface area (Å²) in [5, 5.41) is 9.27.